The van der Waals surface area contributed by atoms with Gasteiger partial charge in [-0.2, -0.15) is 0 Å². The fourth-order valence-corrected chi connectivity index (χ4v) is 3.44. The summed E-state index contributed by atoms with van der Waals surface area (Å²) in [5, 5.41) is 5.53. The summed E-state index contributed by atoms with van der Waals surface area (Å²) in [6.07, 6.45) is 0. The summed E-state index contributed by atoms with van der Waals surface area (Å²) < 4.78 is 11.4. The molecular weight excluding hydrogens is 282 g/mol. The zero-order chi connectivity index (χ0) is 15.2. The second-order valence-corrected chi connectivity index (χ2v) is 5.71. The number of nitrogens with one attached hydrogen (secondary N) is 1. The van der Waals surface area contributed by atoms with Gasteiger partial charge in [0.25, 0.3) is 0 Å². The molecule has 4 heteroatoms. The van der Waals surface area contributed by atoms with Gasteiger partial charge in [-0.05, 0) is 62.5 Å². The Bertz CT molecular complexity index is 580. The van der Waals surface area contributed by atoms with E-state index in [9.17, 15) is 0 Å². The molecule has 1 unspecified atom stereocenters. The lowest BCUT2D eigenvalue weighted by Crippen LogP contribution is -2.17. The van der Waals surface area contributed by atoms with Gasteiger partial charge in [0.15, 0.2) is 11.5 Å². The van der Waals surface area contributed by atoms with Crippen LogP contribution in [0.1, 0.15) is 35.9 Å². The first-order valence-electron chi connectivity index (χ1n) is 7.32. The molecule has 1 heterocycles. The maximum Gasteiger partial charge on any atom is 0.161 e. The predicted octanol–water partition coefficient (Wildman–Crippen LogP) is 4.16. The Balaban J connectivity index is 2.38. The highest BCUT2D eigenvalue weighted by Crippen LogP contribution is 2.35. The van der Waals surface area contributed by atoms with Crippen molar-refractivity contribution in [2.75, 3.05) is 20.3 Å². The average molecular weight is 305 g/mol. The third kappa shape index (κ3) is 3.57. The molecule has 0 bridgehead atoms. The largest absolute Gasteiger partial charge is 0.490 e. The first-order valence-corrected chi connectivity index (χ1v) is 8.20. The quantitative estimate of drug-likeness (QED) is 0.833. The van der Waals surface area contributed by atoms with E-state index in [1.165, 1.54) is 16.0 Å². The van der Waals surface area contributed by atoms with E-state index in [4.69, 9.17) is 9.47 Å². The number of rotatable bonds is 7. The van der Waals surface area contributed by atoms with Crippen LogP contribution in [0.4, 0.5) is 0 Å². The van der Waals surface area contributed by atoms with Gasteiger partial charge in [0.1, 0.15) is 0 Å². The fraction of sp³-hybridized carbons (Fsp3) is 0.412. The summed E-state index contributed by atoms with van der Waals surface area (Å²) in [5.74, 6) is 1.62. The number of aryl methyl sites for hydroxylation is 1. The van der Waals surface area contributed by atoms with Gasteiger partial charge >= 0.3 is 0 Å². The van der Waals surface area contributed by atoms with E-state index in [1.54, 1.807) is 11.3 Å². The number of hydrogen-bond donors (Lipinski definition) is 1. The Kier molecular flexibility index (Phi) is 5.65. The summed E-state index contributed by atoms with van der Waals surface area (Å²) >= 11 is 1.78. The van der Waals surface area contributed by atoms with Crippen molar-refractivity contribution < 1.29 is 9.47 Å². The standard InChI is InChI=1S/C17H23NO2S/c1-5-19-14-8-7-13(11-15(14)20-6-2)16(18-4)17-12(3)9-10-21-17/h7-11,16,18H,5-6H2,1-4H3. The number of thiophene rings is 1. The monoisotopic (exact) mass is 305 g/mol. The second kappa shape index (κ2) is 7.48. The average Bonchev–Trinajstić information content (AvgIpc) is 2.89. The van der Waals surface area contributed by atoms with E-state index in [0.717, 1.165) is 11.5 Å². The molecular formula is C17H23NO2S. The summed E-state index contributed by atoms with van der Waals surface area (Å²) in [7, 11) is 1.99. The lowest BCUT2D eigenvalue weighted by atomic mass is 10.0. The molecule has 0 aliphatic heterocycles. The van der Waals surface area contributed by atoms with Crippen molar-refractivity contribution >= 4 is 11.3 Å². The first-order chi connectivity index (χ1) is 10.2. The molecule has 0 aliphatic carbocycles. The van der Waals surface area contributed by atoms with Crippen molar-refractivity contribution in [1.29, 1.82) is 0 Å². The lowest BCUT2D eigenvalue weighted by molar-refractivity contribution is 0.287. The fourth-order valence-electron chi connectivity index (χ4n) is 2.38. The minimum absolute atomic E-state index is 0.180. The van der Waals surface area contributed by atoms with Crippen molar-refractivity contribution in [1.82, 2.24) is 5.32 Å². The van der Waals surface area contributed by atoms with Gasteiger partial charge in [-0.3, -0.25) is 0 Å². The Morgan fingerprint density at radius 1 is 1.10 bits per heavy atom. The van der Waals surface area contributed by atoms with Crippen LogP contribution in [0.3, 0.4) is 0 Å². The third-order valence-electron chi connectivity index (χ3n) is 3.35. The Morgan fingerprint density at radius 2 is 1.81 bits per heavy atom. The SMILES string of the molecule is CCOc1ccc(C(NC)c2sccc2C)cc1OCC. The molecule has 1 aromatic carbocycles. The minimum atomic E-state index is 0.180. The molecule has 0 saturated carbocycles. The maximum atomic E-state index is 5.72. The lowest BCUT2D eigenvalue weighted by Gasteiger charge is -2.19. The highest BCUT2D eigenvalue weighted by molar-refractivity contribution is 7.10. The second-order valence-electron chi connectivity index (χ2n) is 4.76. The van der Waals surface area contributed by atoms with Crippen LogP contribution in [0.15, 0.2) is 29.6 Å². The van der Waals surface area contributed by atoms with Crippen molar-refractivity contribution in [3.8, 4) is 11.5 Å². The van der Waals surface area contributed by atoms with Crippen molar-refractivity contribution in [3.05, 3.63) is 45.6 Å². The Morgan fingerprint density at radius 3 is 2.38 bits per heavy atom. The van der Waals surface area contributed by atoms with Gasteiger partial charge in [0, 0.05) is 4.88 Å². The Labute approximate surface area is 130 Å². The molecule has 2 aromatic rings. The van der Waals surface area contributed by atoms with E-state index < -0.39 is 0 Å². The van der Waals surface area contributed by atoms with Gasteiger partial charge in [-0.25, -0.2) is 0 Å². The molecule has 0 aliphatic rings. The normalized spacial score (nSPS) is 12.2. The minimum Gasteiger partial charge on any atom is -0.490 e. The summed E-state index contributed by atoms with van der Waals surface area (Å²) in [6.45, 7) is 7.38. The number of benzene rings is 1. The van der Waals surface area contributed by atoms with E-state index in [-0.39, 0.29) is 6.04 Å². The van der Waals surface area contributed by atoms with Gasteiger partial charge in [0.05, 0.1) is 19.3 Å². The van der Waals surface area contributed by atoms with Gasteiger partial charge in [-0.15, -0.1) is 11.3 Å². The molecule has 114 valence electrons. The highest BCUT2D eigenvalue weighted by atomic mass is 32.1. The van der Waals surface area contributed by atoms with Crippen molar-refractivity contribution in [3.63, 3.8) is 0 Å². The first kappa shape index (κ1) is 15.9. The van der Waals surface area contributed by atoms with E-state index in [1.807, 2.05) is 27.0 Å². The topological polar surface area (TPSA) is 30.5 Å². The summed E-state index contributed by atoms with van der Waals surface area (Å²) in [6, 6.07) is 8.52. The van der Waals surface area contributed by atoms with Crippen LogP contribution in [0.2, 0.25) is 0 Å². The van der Waals surface area contributed by atoms with Crippen LogP contribution < -0.4 is 14.8 Å². The number of ether oxygens (including phenoxy) is 2. The molecule has 0 spiro atoms. The molecule has 2 rings (SSSR count). The van der Waals surface area contributed by atoms with E-state index >= 15 is 0 Å². The Hall–Kier alpha value is -1.52. The molecule has 3 nitrogen and oxygen atoms in total. The molecule has 0 saturated heterocycles. The van der Waals surface area contributed by atoms with Crippen molar-refractivity contribution in [2.24, 2.45) is 0 Å². The van der Waals surface area contributed by atoms with Gasteiger partial charge in [0.2, 0.25) is 0 Å². The zero-order valence-corrected chi connectivity index (χ0v) is 13.9. The molecule has 0 fully saturated rings. The summed E-state index contributed by atoms with van der Waals surface area (Å²) in [5.41, 5.74) is 2.50. The highest BCUT2D eigenvalue weighted by Gasteiger charge is 2.17. The zero-order valence-electron chi connectivity index (χ0n) is 13.1. The predicted molar refractivity (Wildman–Crippen MR) is 88.7 cm³/mol. The van der Waals surface area contributed by atoms with E-state index in [2.05, 4.69) is 35.8 Å². The third-order valence-corrected chi connectivity index (χ3v) is 4.44. The molecule has 21 heavy (non-hydrogen) atoms. The van der Waals surface area contributed by atoms with Crippen LogP contribution in [0.5, 0.6) is 11.5 Å². The van der Waals surface area contributed by atoms with Crippen LogP contribution >= 0.6 is 11.3 Å². The van der Waals surface area contributed by atoms with Crippen LogP contribution in [-0.2, 0) is 0 Å². The number of hydrogen-bond acceptors (Lipinski definition) is 4. The van der Waals surface area contributed by atoms with Crippen molar-refractivity contribution in [2.45, 2.75) is 26.8 Å². The summed E-state index contributed by atoms with van der Waals surface area (Å²) in [4.78, 5) is 1.34. The molecule has 1 N–H and O–H groups in total. The molecule has 0 radical (unpaired) electrons. The van der Waals surface area contributed by atoms with E-state index in [0.29, 0.717) is 13.2 Å². The van der Waals surface area contributed by atoms with Crippen LogP contribution in [0.25, 0.3) is 0 Å². The molecule has 0 amide bonds. The molecule has 1 aromatic heterocycles. The van der Waals surface area contributed by atoms with Crippen LogP contribution in [-0.4, -0.2) is 20.3 Å². The maximum absolute atomic E-state index is 5.72. The molecule has 1 atom stereocenters. The van der Waals surface area contributed by atoms with Crippen LogP contribution in [0, 0.1) is 6.92 Å². The van der Waals surface area contributed by atoms with Gasteiger partial charge < -0.3 is 14.8 Å². The smallest absolute Gasteiger partial charge is 0.161 e. The van der Waals surface area contributed by atoms with Gasteiger partial charge in [-0.1, -0.05) is 6.07 Å².